The van der Waals surface area contributed by atoms with Crippen LogP contribution in [0.3, 0.4) is 0 Å². The van der Waals surface area contributed by atoms with Gasteiger partial charge in [0.05, 0.1) is 18.4 Å². The first kappa shape index (κ1) is 15.4. The molecule has 126 valence electrons. The summed E-state index contributed by atoms with van der Waals surface area (Å²) in [4.78, 5) is 14.5. The summed E-state index contributed by atoms with van der Waals surface area (Å²) in [5, 5.41) is 3.42. The Morgan fingerprint density at radius 3 is 2.80 bits per heavy atom. The Hall–Kier alpha value is -3.08. The molecule has 0 unspecified atom stereocenters. The highest BCUT2D eigenvalue weighted by Crippen LogP contribution is 2.27. The highest BCUT2D eigenvalue weighted by Gasteiger charge is 2.22. The lowest BCUT2D eigenvalue weighted by Crippen LogP contribution is -2.40. The number of nitrogens with one attached hydrogen (secondary N) is 2. The van der Waals surface area contributed by atoms with E-state index in [1.165, 1.54) is 11.3 Å². The van der Waals surface area contributed by atoms with Gasteiger partial charge in [-0.25, -0.2) is 4.98 Å². The van der Waals surface area contributed by atoms with Gasteiger partial charge >= 0.3 is 0 Å². The fraction of sp³-hybridized carbons (Fsp3) is 0.200. The third kappa shape index (κ3) is 3.13. The van der Waals surface area contributed by atoms with Gasteiger partial charge in [-0.1, -0.05) is 48.5 Å². The SMILES string of the molecule is CN=C(NCc1ncc(-c2ccccc2)[nH]1)N1CCc2ccccc21. The average molecular weight is 331 g/mol. The summed E-state index contributed by atoms with van der Waals surface area (Å²) < 4.78 is 0. The maximum absolute atomic E-state index is 4.48. The van der Waals surface area contributed by atoms with Gasteiger partial charge in [-0.2, -0.15) is 0 Å². The lowest BCUT2D eigenvalue weighted by atomic mass is 10.2. The predicted octanol–water partition coefficient (Wildman–Crippen LogP) is 3.21. The number of nitrogens with zero attached hydrogens (tertiary/aromatic N) is 3. The molecule has 4 rings (SSSR count). The van der Waals surface area contributed by atoms with Crippen molar-refractivity contribution in [3.8, 4) is 11.3 Å². The summed E-state index contributed by atoms with van der Waals surface area (Å²) in [7, 11) is 1.82. The van der Waals surface area contributed by atoms with E-state index < -0.39 is 0 Å². The first-order valence-electron chi connectivity index (χ1n) is 8.50. The molecular formula is C20H21N5. The molecule has 5 heteroatoms. The zero-order valence-electron chi connectivity index (χ0n) is 14.2. The van der Waals surface area contributed by atoms with E-state index in [1.807, 2.05) is 31.4 Å². The number of guanidine groups is 1. The molecule has 0 bridgehead atoms. The number of aromatic nitrogens is 2. The number of benzene rings is 2. The molecule has 0 saturated heterocycles. The zero-order chi connectivity index (χ0) is 17.1. The number of hydrogen-bond donors (Lipinski definition) is 2. The van der Waals surface area contributed by atoms with Crippen molar-refractivity contribution < 1.29 is 0 Å². The van der Waals surface area contributed by atoms with Crippen LogP contribution < -0.4 is 10.2 Å². The van der Waals surface area contributed by atoms with Crippen molar-refractivity contribution in [3.63, 3.8) is 0 Å². The van der Waals surface area contributed by atoms with Gasteiger partial charge in [-0.3, -0.25) is 4.99 Å². The van der Waals surface area contributed by atoms with Gasteiger partial charge in [0.1, 0.15) is 5.82 Å². The monoisotopic (exact) mass is 331 g/mol. The standard InChI is InChI=1S/C20H21N5/c1-21-20(25-12-11-16-9-5-6-10-18(16)25)23-14-19-22-13-17(24-19)15-7-3-2-4-8-15/h2-10,13H,11-12,14H2,1H3,(H,21,23)(H,22,24). The van der Waals surface area contributed by atoms with Crippen LogP contribution >= 0.6 is 0 Å². The molecular weight excluding hydrogens is 310 g/mol. The third-order valence-electron chi connectivity index (χ3n) is 4.48. The smallest absolute Gasteiger partial charge is 0.198 e. The first-order valence-corrected chi connectivity index (χ1v) is 8.50. The second-order valence-electron chi connectivity index (χ2n) is 6.04. The van der Waals surface area contributed by atoms with Gasteiger partial charge in [0, 0.05) is 19.3 Å². The van der Waals surface area contributed by atoms with Gasteiger partial charge < -0.3 is 15.2 Å². The van der Waals surface area contributed by atoms with Crippen molar-refractivity contribution in [2.24, 2.45) is 4.99 Å². The number of rotatable bonds is 3. The molecule has 2 aromatic carbocycles. The number of aromatic amines is 1. The summed E-state index contributed by atoms with van der Waals surface area (Å²) in [5.74, 6) is 1.77. The van der Waals surface area contributed by atoms with Crippen LogP contribution in [0.5, 0.6) is 0 Å². The number of para-hydroxylation sites is 1. The molecule has 5 nitrogen and oxygen atoms in total. The third-order valence-corrected chi connectivity index (χ3v) is 4.48. The van der Waals surface area contributed by atoms with Crippen LogP contribution in [0.4, 0.5) is 5.69 Å². The fourth-order valence-corrected chi connectivity index (χ4v) is 3.23. The van der Waals surface area contributed by atoms with Crippen LogP contribution in [0.1, 0.15) is 11.4 Å². The molecule has 1 aliphatic heterocycles. The van der Waals surface area contributed by atoms with Crippen LogP contribution in [0.2, 0.25) is 0 Å². The molecule has 0 fully saturated rings. The van der Waals surface area contributed by atoms with Crippen molar-refractivity contribution >= 4 is 11.6 Å². The molecule has 0 atom stereocenters. The Kier molecular flexibility index (Phi) is 4.21. The summed E-state index contributed by atoms with van der Waals surface area (Å²) >= 11 is 0. The molecule has 0 saturated carbocycles. The first-order chi connectivity index (χ1) is 12.3. The predicted molar refractivity (Wildman–Crippen MR) is 102 cm³/mol. The fourth-order valence-electron chi connectivity index (χ4n) is 3.23. The number of hydrogen-bond acceptors (Lipinski definition) is 2. The van der Waals surface area contributed by atoms with Crippen molar-refractivity contribution in [2.75, 3.05) is 18.5 Å². The minimum atomic E-state index is 0.609. The van der Waals surface area contributed by atoms with E-state index in [0.717, 1.165) is 36.0 Å². The molecule has 0 radical (unpaired) electrons. The number of anilines is 1. The summed E-state index contributed by atoms with van der Waals surface area (Å²) in [6.45, 7) is 1.56. The molecule has 0 amide bonds. The number of imidazole rings is 1. The maximum Gasteiger partial charge on any atom is 0.198 e. The van der Waals surface area contributed by atoms with E-state index in [1.54, 1.807) is 0 Å². The Labute approximate surface area is 147 Å². The minimum Gasteiger partial charge on any atom is -0.349 e. The molecule has 0 aliphatic carbocycles. The van der Waals surface area contributed by atoms with Crippen LogP contribution in [-0.2, 0) is 13.0 Å². The van der Waals surface area contributed by atoms with E-state index in [0.29, 0.717) is 6.54 Å². The largest absolute Gasteiger partial charge is 0.349 e. The van der Waals surface area contributed by atoms with Gasteiger partial charge in [0.2, 0.25) is 0 Å². The molecule has 2 N–H and O–H groups in total. The molecule has 25 heavy (non-hydrogen) atoms. The van der Waals surface area contributed by atoms with E-state index in [4.69, 9.17) is 0 Å². The summed E-state index contributed by atoms with van der Waals surface area (Å²) in [5.41, 5.74) is 4.77. The van der Waals surface area contributed by atoms with E-state index >= 15 is 0 Å². The molecule has 0 spiro atoms. The molecule has 1 aliphatic rings. The second kappa shape index (κ2) is 6.81. The van der Waals surface area contributed by atoms with Crippen LogP contribution in [-0.4, -0.2) is 29.5 Å². The van der Waals surface area contributed by atoms with E-state index in [-0.39, 0.29) is 0 Å². The van der Waals surface area contributed by atoms with Crippen LogP contribution in [0, 0.1) is 0 Å². The maximum atomic E-state index is 4.48. The summed E-state index contributed by atoms with van der Waals surface area (Å²) in [6.07, 6.45) is 2.93. The Bertz CT molecular complexity index is 882. The van der Waals surface area contributed by atoms with Gasteiger partial charge in [0.15, 0.2) is 5.96 Å². The second-order valence-corrected chi connectivity index (χ2v) is 6.04. The molecule has 2 heterocycles. The van der Waals surface area contributed by atoms with Crippen LogP contribution in [0.25, 0.3) is 11.3 Å². The van der Waals surface area contributed by atoms with Crippen molar-refractivity contribution in [1.82, 2.24) is 15.3 Å². The average Bonchev–Trinajstić information content (AvgIpc) is 3.31. The Morgan fingerprint density at radius 2 is 1.96 bits per heavy atom. The highest BCUT2D eigenvalue weighted by atomic mass is 15.3. The molecule has 3 aromatic rings. The highest BCUT2D eigenvalue weighted by molar-refractivity contribution is 5.97. The van der Waals surface area contributed by atoms with Crippen molar-refractivity contribution in [1.29, 1.82) is 0 Å². The van der Waals surface area contributed by atoms with Crippen molar-refractivity contribution in [3.05, 3.63) is 72.2 Å². The quantitative estimate of drug-likeness (QED) is 0.572. The molecule has 1 aromatic heterocycles. The van der Waals surface area contributed by atoms with Gasteiger partial charge in [-0.15, -0.1) is 0 Å². The lowest BCUT2D eigenvalue weighted by Gasteiger charge is -2.21. The zero-order valence-corrected chi connectivity index (χ0v) is 14.2. The lowest BCUT2D eigenvalue weighted by molar-refractivity contribution is 0.820. The Morgan fingerprint density at radius 1 is 1.16 bits per heavy atom. The topological polar surface area (TPSA) is 56.3 Å². The van der Waals surface area contributed by atoms with E-state index in [2.05, 4.69) is 61.6 Å². The number of H-pyrrole nitrogens is 1. The minimum absolute atomic E-state index is 0.609. The normalized spacial score (nSPS) is 13.8. The van der Waals surface area contributed by atoms with Gasteiger partial charge in [-0.05, 0) is 23.6 Å². The van der Waals surface area contributed by atoms with Crippen molar-refractivity contribution in [2.45, 2.75) is 13.0 Å². The Balaban J connectivity index is 1.45. The van der Waals surface area contributed by atoms with E-state index in [9.17, 15) is 0 Å². The number of fused-ring (bicyclic) bond motifs is 1. The number of aliphatic imine (C=N–C) groups is 1. The summed E-state index contributed by atoms with van der Waals surface area (Å²) in [6, 6.07) is 18.7. The van der Waals surface area contributed by atoms with Crippen LogP contribution in [0.15, 0.2) is 65.8 Å². The van der Waals surface area contributed by atoms with Gasteiger partial charge in [0.25, 0.3) is 0 Å².